The summed E-state index contributed by atoms with van der Waals surface area (Å²) in [6.45, 7) is 3.50. The molecule has 2 rings (SSSR count). The molecule has 0 saturated carbocycles. The first-order valence-corrected chi connectivity index (χ1v) is 4.39. The van der Waals surface area contributed by atoms with Gasteiger partial charge in [0.1, 0.15) is 0 Å². The number of hydrogen-bond acceptors (Lipinski definition) is 2. The maximum absolute atomic E-state index is 4.13. The molecule has 0 amide bonds. The number of likely N-dealkylation sites (tertiary alicyclic amines) is 1. The zero-order chi connectivity index (χ0) is 8.55. The number of pyridine rings is 1. The lowest BCUT2D eigenvalue weighted by molar-refractivity contribution is 0.0527. The van der Waals surface area contributed by atoms with E-state index in [4.69, 9.17) is 0 Å². The summed E-state index contributed by atoms with van der Waals surface area (Å²) in [6.07, 6.45) is 3.80. The third kappa shape index (κ3) is 1.12. The van der Waals surface area contributed by atoms with Crippen molar-refractivity contribution in [3.05, 3.63) is 30.1 Å². The van der Waals surface area contributed by atoms with E-state index in [2.05, 4.69) is 29.9 Å². The van der Waals surface area contributed by atoms with E-state index in [0.717, 1.165) is 5.92 Å². The van der Waals surface area contributed by atoms with Crippen LogP contribution in [0.4, 0.5) is 0 Å². The Kier molecular flexibility index (Phi) is 1.85. The van der Waals surface area contributed by atoms with Gasteiger partial charge in [-0.05, 0) is 24.6 Å². The van der Waals surface area contributed by atoms with E-state index in [1.54, 1.807) is 0 Å². The minimum Gasteiger partial charge on any atom is -0.299 e. The molecule has 0 spiro atoms. The fraction of sp³-hybridized carbons (Fsp3) is 0.500. The zero-order valence-corrected chi connectivity index (χ0v) is 7.57. The van der Waals surface area contributed by atoms with Crippen molar-refractivity contribution in [2.24, 2.45) is 5.92 Å². The molecule has 1 unspecified atom stereocenters. The molecule has 2 nitrogen and oxygen atoms in total. The van der Waals surface area contributed by atoms with Crippen LogP contribution in [0, 0.1) is 5.92 Å². The van der Waals surface area contributed by atoms with Crippen molar-refractivity contribution >= 4 is 0 Å². The molecular weight excluding hydrogens is 148 g/mol. The molecule has 2 atom stereocenters. The Labute approximate surface area is 73.2 Å². The van der Waals surface area contributed by atoms with Gasteiger partial charge in [-0.25, -0.2) is 0 Å². The van der Waals surface area contributed by atoms with Crippen LogP contribution in [-0.4, -0.2) is 23.5 Å². The largest absolute Gasteiger partial charge is 0.299 e. The Morgan fingerprint density at radius 2 is 2.42 bits per heavy atom. The van der Waals surface area contributed by atoms with E-state index in [1.165, 1.54) is 12.1 Å². The first kappa shape index (κ1) is 7.74. The van der Waals surface area contributed by atoms with Gasteiger partial charge >= 0.3 is 0 Å². The minimum absolute atomic E-state index is 0.596. The molecule has 0 aliphatic carbocycles. The van der Waals surface area contributed by atoms with E-state index in [1.807, 2.05) is 18.5 Å². The van der Waals surface area contributed by atoms with Crippen LogP contribution in [-0.2, 0) is 0 Å². The van der Waals surface area contributed by atoms with E-state index < -0.39 is 0 Å². The molecule has 1 aliphatic rings. The van der Waals surface area contributed by atoms with Gasteiger partial charge in [0, 0.05) is 25.0 Å². The van der Waals surface area contributed by atoms with Gasteiger partial charge in [-0.3, -0.25) is 9.88 Å². The Bertz CT molecular complexity index is 250. The summed E-state index contributed by atoms with van der Waals surface area (Å²) in [5.74, 6) is 0.777. The first-order chi connectivity index (χ1) is 5.79. The highest BCUT2D eigenvalue weighted by molar-refractivity contribution is 5.17. The van der Waals surface area contributed by atoms with Gasteiger partial charge in [0.2, 0.25) is 0 Å². The Balaban J connectivity index is 2.20. The molecule has 0 bridgehead atoms. The quantitative estimate of drug-likeness (QED) is 0.625. The molecule has 12 heavy (non-hydrogen) atoms. The van der Waals surface area contributed by atoms with E-state index in [9.17, 15) is 0 Å². The predicted molar refractivity (Wildman–Crippen MR) is 48.8 cm³/mol. The van der Waals surface area contributed by atoms with E-state index in [0.29, 0.717) is 6.04 Å². The Hall–Kier alpha value is -0.890. The van der Waals surface area contributed by atoms with E-state index >= 15 is 0 Å². The Morgan fingerprint density at radius 3 is 2.92 bits per heavy atom. The van der Waals surface area contributed by atoms with Gasteiger partial charge in [-0.1, -0.05) is 13.0 Å². The van der Waals surface area contributed by atoms with Crippen LogP contribution in [0.25, 0.3) is 0 Å². The topological polar surface area (TPSA) is 16.1 Å². The fourth-order valence-electron chi connectivity index (χ4n) is 2.10. The normalized spacial score (nSPS) is 29.8. The lowest BCUT2D eigenvalue weighted by Crippen LogP contribution is -2.45. The van der Waals surface area contributed by atoms with Crippen LogP contribution < -0.4 is 0 Å². The van der Waals surface area contributed by atoms with Gasteiger partial charge in [-0.2, -0.15) is 0 Å². The first-order valence-electron chi connectivity index (χ1n) is 4.39. The van der Waals surface area contributed by atoms with Crippen molar-refractivity contribution in [3.8, 4) is 0 Å². The molecule has 2 heterocycles. The smallest absolute Gasteiger partial charge is 0.0398 e. The summed E-state index contributed by atoms with van der Waals surface area (Å²) < 4.78 is 0. The molecule has 0 N–H and O–H groups in total. The van der Waals surface area contributed by atoms with Crippen molar-refractivity contribution < 1.29 is 0 Å². The average molecular weight is 162 g/mol. The van der Waals surface area contributed by atoms with Crippen LogP contribution >= 0.6 is 0 Å². The summed E-state index contributed by atoms with van der Waals surface area (Å²) in [6, 6.07) is 4.76. The van der Waals surface area contributed by atoms with Crippen LogP contribution in [0.5, 0.6) is 0 Å². The summed E-state index contributed by atoms with van der Waals surface area (Å²) >= 11 is 0. The molecule has 0 aromatic carbocycles. The zero-order valence-electron chi connectivity index (χ0n) is 7.57. The lowest BCUT2D eigenvalue weighted by Gasteiger charge is -2.44. The average Bonchev–Trinajstić information content (AvgIpc) is 2.05. The SMILES string of the molecule is C[C@@H]1CN(C)C1c1cccnc1. The summed E-state index contributed by atoms with van der Waals surface area (Å²) in [5, 5.41) is 0. The highest BCUT2D eigenvalue weighted by atomic mass is 15.2. The third-order valence-electron chi connectivity index (χ3n) is 2.62. The fourth-order valence-corrected chi connectivity index (χ4v) is 2.10. The second-order valence-electron chi connectivity index (χ2n) is 3.65. The number of rotatable bonds is 1. The highest BCUT2D eigenvalue weighted by Crippen LogP contribution is 2.35. The van der Waals surface area contributed by atoms with Gasteiger partial charge in [0.25, 0.3) is 0 Å². The predicted octanol–water partition coefficient (Wildman–Crippen LogP) is 1.70. The summed E-state index contributed by atoms with van der Waals surface area (Å²) in [7, 11) is 2.16. The van der Waals surface area contributed by atoms with Gasteiger partial charge in [0.05, 0.1) is 0 Å². The van der Waals surface area contributed by atoms with Crippen molar-refractivity contribution in [3.63, 3.8) is 0 Å². The number of nitrogens with zero attached hydrogens (tertiary/aromatic N) is 2. The molecule has 1 aliphatic heterocycles. The molecule has 1 fully saturated rings. The van der Waals surface area contributed by atoms with Crippen molar-refractivity contribution in [1.29, 1.82) is 0 Å². The van der Waals surface area contributed by atoms with Crippen LogP contribution in [0.15, 0.2) is 24.5 Å². The van der Waals surface area contributed by atoms with Crippen LogP contribution in [0.3, 0.4) is 0 Å². The van der Waals surface area contributed by atoms with Gasteiger partial charge in [-0.15, -0.1) is 0 Å². The van der Waals surface area contributed by atoms with Crippen LogP contribution in [0.1, 0.15) is 18.5 Å². The molecule has 64 valence electrons. The number of hydrogen-bond donors (Lipinski definition) is 0. The lowest BCUT2D eigenvalue weighted by atomic mass is 9.86. The Morgan fingerprint density at radius 1 is 1.58 bits per heavy atom. The van der Waals surface area contributed by atoms with Crippen molar-refractivity contribution in [1.82, 2.24) is 9.88 Å². The second kappa shape index (κ2) is 2.87. The summed E-state index contributed by atoms with van der Waals surface area (Å²) in [4.78, 5) is 6.49. The highest BCUT2D eigenvalue weighted by Gasteiger charge is 2.33. The molecule has 1 aromatic heterocycles. The van der Waals surface area contributed by atoms with Gasteiger partial charge in [0.15, 0.2) is 0 Å². The molecular formula is C10H14N2. The molecule has 1 saturated heterocycles. The molecule has 1 aromatic rings. The second-order valence-corrected chi connectivity index (χ2v) is 3.65. The standard InChI is InChI=1S/C10H14N2/c1-8-7-12(2)10(8)9-4-3-5-11-6-9/h3-6,8,10H,7H2,1-2H3/t8-,10?/m1/s1. The maximum Gasteiger partial charge on any atom is 0.0398 e. The van der Waals surface area contributed by atoms with E-state index in [-0.39, 0.29) is 0 Å². The third-order valence-corrected chi connectivity index (χ3v) is 2.62. The van der Waals surface area contributed by atoms with Crippen molar-refractivity contribution in [2.45, 2.75) is 13.0 Å². The van der Waals surface area contributed by atoms with Crippen LogP contribution in [0.2, 0.25) is 0 Å². The summed E-state index contributed by atoms with van der Waals surface area (Å²) in [5.41, 5.74) is 1.35. The van der Waals surface area contributed by atoms with Gasteiger partial charge < -0.3 is 0 Å². The number of aromatic nitrogens is 1. The molecule has 0 radical (unpaired) electrons. The monoisotopic (exact) mass is 162 g/mol. The molecule has 2 heteroatoms. The van der Waals surface area contributed by atoms with Crippen molar-refractivity contribution in [2.75, 3.05) is 13.6 Å². The minimum atomic E-state index is 0.596. The maximum atomic E-state index is 4.13.